The van der Waals surface area contributed by atoms with Gasteiger partial charge < -0.3 is 0 Å². The minimum absolute atomic E-state index is 0.773. The molecule has 0 unspecified atom stereocenters. The monoisotopic (exact) mass is 142 g/mol. The third-order valence-corrected chi connectivity index (χ3v) is 2.41. The minimum Gasteiger partial charge on any atom is -0.0683 e. The van der Waals surface area contributed by atoms with Crippen LogP contribution < -0.4 is 0 Å². The molecule has 10 heavy (non-hydrogen) atoms. The molecule has 0 spiro atoms. The van der Waals surface area contributed by atoms with Crippen molar-refractivity contribution < 1.29 is 0 Å². The molecule has 1 rings (SSSR count). The Morgan fingerprint density at radius 1 is 1.20 bits per heavy atom. The van der Waals surface area contributed by atoms with Crippen molar-refractivity contribution in [3.8, 4) is 0 Å². The van der Waals surface area contributed by atoms with E-state index in [0.717, 1.165) is 5.41 Å². The van der Waals surface area contributed by atoms with Gasteiger partial charge in [-0.05, 0) is 24.7 Å². The molecular weight excluding hydrogens is 120 g/mol. The van der Waals surface area contributed by atoms with E-state index in [1.165, 1.54) is 32.1 Å². The molecule has 0 amide bonds. The van der Waals surface area contributed by atoms with Gasteiger partial charge in [0, 0.05) is 0 Å². The van der Waals surface area contributed by atoms with Gasteiger partial charge in [-0.3, -0.25) is 0 Å². The predicted octanol–water partition coefficient (Wildman–Crippen LogP) is 4.00. The normalized spacial score (nSPS) is 20.4. The van der Waals surface area contributed by atoms with Crippen LogP contribution in [0.5, 0.6) is 0 Å². The standard InChI is InChI=1S/C8H16.C2H6/c1-3-5-8(2)6-4-7-8;1-2/h3-7H2,1-2H3;1-2H3. The van der Waals surface area contributed by atoms with Crippen molar-refractivity contribution in [3.05, 3.63) is 0 Å². The van der Waals surface area contributed by atoms with Crippen molar-refractivity contribution in [3.63, 3.8) is 0 Å². The third kappa shape index (κ3) is 2.72. The Hall–Kier alpha value is 0. The summed E-state index contributed by atoms with van der Waals surface area (Å²) in [5, 5.41) is 0. The van der Waals surface area contributed by atoms with Gasteiger partial charge >= 0.3 is 0 Å². The van der Waals surface area contributed by atoms with Crippen LogP contribution in [0.15, 0.2) is 0 Å². The van der Waals surface area contributed by atoms with E-state index >= 15 is 0 Å². The van der Waals surface area contributed by atoms with Gasteiger partial charge in [0.15, 0.2) is 0 Å². The summed E-state index contributed by atoms with van der Waals surface area (Å²) in [6.07, 6.45) is 7.28. The lowest BCUT2D eigenvalue weighted by molar-refractivity contribution is 0.145. The molecule has 62 valence electrons. The van der Waals surface area contributed by atoms with Crippen LogP contribution in [0, 0.1) is 5.41 Å². The van der Waals surface area contributed by atoms with Gasteiger partial charge in [-0.2, -0.15) is 0 Å². The Morgan fingerprint density at radius 3 is 1.80 bits per heavy atom. The molecule has 0 heterocycles. The highest BCUT2D eigenvalue weighted by atomic mass is 14.3. The van der Waals surface area contributed by atoms with Crippen LogP contribution in [0.1, 0.15) is 59.8 Å². The summed E-state index contributed by atoms with van der Waals surface area (Å²) in [4.78, 5) is 0. The summed E-state index contributed by atoms with van der Waals surface area (Å²) in [6.45, 7) is 8.70. The highest BCUT2D eigenvalue weighted by molar-refractivity contribution is 4.82. The van der Waals surface area contributed by atoms with E-state index in [1.807, 2.05) is 13.8 Å². The SMILES string of the molecule is CC.CCCC1(C)CCC1. The fourth-order valence-electron chi connectivity index (χ4n) is 1.63. The molecule has 1 aliphatic carbocycles. The first-order chi connectivity index (χ1) is 4.77. The summed E-state index contributed by atoms with van der Waals surface area (Å²) in [7, 11) is 0. The largest absolute Gasteiger partial charge is 0.0683 e. The van der Waals surface area contributed by atoms with E-state index in [2.05, 4.69) is 13.8 Å². The van der Waals surface area contributed by atoms with Crippen molar-refractivity contribution in [2.75, 3.05) is 0 Å². The first-order valence-corrected chi connectivity index (χ1v) is 4.77. The van der Waals surface area contributed by atoms with Crippen molar-refractivity contribution in [1.82, 2.24) is 0 Å². The fraction of sp³-hybridized carbons (Fsp3) is 1.00. The van der Waals surface area contributed by atoms with E-state index in [4.69, 9.17) is 0 Å². The zero-order valence-corrected chi connectivity index (χ0v) is 8.04. The molecule has 1 fully saturated rings. The minimum atomic E-state index is 0.773. The van der Waals surface area contributed by atoms with Gasteiger partial charge in [-0.25, -0.2) is 0 Å². The molecule has 0 heteroatoms. The van der Waals surface area contributed by atoms with Crippen LogP contribution in [0.4, 0.5) is 0 Å². The average molecular weight is 142 g/mol. The van der Waals surface area contributed by atoms with Crippen molar-refractivity contribution in [2.24, 2.45) is 5.41 Å². The number of rotatable bonds is 2. The molecule has 0 nitrogen and oxygen atoms in total. The Bertz CT molecular complexity index is 70.1. The Balaban J connectivity index is 0.000000371. The molecule has 0 N–H and O–H groups in total. The van der Waals surface area contributed by atoms with Gasteiger partial charge in [0.25, 0.3) is 0 Å². The molecule has 0 atom stereocenters. The summed E-state index contributed by atoms with van der Waals surface area (Å²) in [5.41, 5.74) is 0.773. The third-order valence-electron chi connectivity index (χ3n) is 2.41. The predicted molar refractivity (Wildman–Crippen MR) is 48.2 cm³/mol. The fourth-order valence-corrected chi connectivity index (χ4v) is 1.63. The van der Waals surface area contributed by atoms with E-state index in [9.17, 15) is 0 Å². The smallest absolute Gasteiger partial charge is 0.0326 e. The molecule has 0 aromatic heterocycles. The van der Waals surface area contributed by atoms with Crippen LogP contribution in [0.2, 0.25) is 0 Å². The second kappa shape index (κ2) is 4.76. The average Bonchev–Trinajstić information content (AvgIpc) is 1.90. The second-order valence-electron chi connectivity index (χ2n) is 3.41. The molecule has 0 aromatic carbocycles. The quantitative estimate of drug-likeness (QED) is 0.546. The van der Waals surface area contributed by atoms with Gasteiger partial charge in [-0.15, -0.1) is 0 Å². The van der Waals surface area contributed by atoms with E-state index in [0.29, 0.717) is 0 Å². The summed E-state index contributed by atoms with van der Waals surface area (Å²) >= 11 is 0. The van der Waals surface area contributed by atoms with Crippen molar-refractivity contribution >= 4 is 0 Å². The molecule has 1 aliphatic rings. The molecule has 0 aliphatic heterocycles. The maximum Gasteiger partial charge on any atom is -0.0326 e. The highest BCUT2D eigenvalue weighted by Gasteiger charge is 2.29. The summed E-state index contributed by atoms with van der Waals surface area (Å²) in [6, 6.07) is 0. The number of hydrogen-bond donors (Lipinski definition) is 0. The summed E-state index contributed by atoms with van der Waals surface area (Å²) in [5.74, 6) is 0. The van der Waals surface area contributed by atoms with Crippen LogP contribution in [-0.4, -0.2) is 0 Å². The van der Waals surface area contributed by atoms with Gasteiger partial charge in [0.2, 0.25) is 0 Å². The maximum absolute atomic E-state index is 2.42. The summed E-state index contributed by atoms with van der Waals surface area (Å²) < 4.78 is 0. The topological polar surface area (TPSA) is 0 Å². The zero-order chi connectivity index (χ0) is 8.04. The van der Waals surface area contributed by atoms with Gasteiger partial charge in [0.05, 0.1) is 0 Å². The molecular formula is C10H22. The molecule has 0 saturated heterocycles. The lowest BCUT2D eigenvalue weighted by Gasteiger charge is -2.38. The molecule has 1 saturated carbocycles. The highest BCUT2D eigenvalue weighted by Crippen LogP contribution is 2.43. The molecule has 0 bridgehead atoms. The first-order valence-electron chi connectivity index (χ1n) is 4.77. The van der Waals surface area contributed by atoms with Crippen LogP contribution in [-0.2, 0) is 0 Å². The van der Waals surface area contributed by atoms with Crippen molar-refractivity contribution in [1.29, 1.82) is 0 Å². The van der Waals surface area contributed by atoms with E-state index in [1.54, 1.807) is 0 Å². The van der Waals surface area contributed by atoms with Crippen LogP contribution in [0.25, 0.3) is 0 Å². The molecule has 0 radical (unpaired) electrons. The number of hydrogen-bond acceptors (Lipinski definition) is 0. The van der Waals surface area contributed by atoms with Gasteiger partial charge in [-0.1, -0.05) is 40.5 Å². The van der Waals surface area contributed by atoms with Gasteiger partial charge in [0.1, 0.15) is 0 Å². The lowest BCUT2D eigenvalue weighted by Crippen LogP contribution is -2.24. The Kier molecular flexibility index (Phi) is 4.76. The Morgan fingerprint density at radius 2 is 1.70 bits per heavy atom. The van der Waals surface area contributed by atoms with E-state index < -0.39 is 0 Å². The van der Waals surface area contributed by atoms with Crippen LogP contribution in [0.3, 0.4) is 0 Å². The van der Waals surface area contributed by atoms with Crippen LogP contribution >= 0.6 is 0 Å². The maximum atomic E-state index is 2.42. The lowest BCUT2D eigenvalue weighted by atomic mass is 9.68. The Labute approximate surface area is 66.0 Å². The van der Waals surface area contributed by atoms with E-state index in [-0.39, 0.29) is 0 Å². The second-order valence-corrected chi connectivity index (χ2v) is 3.41. The first kappa shape index (κ1) is 10.0. The zero-order valence-electron chi connectivity index (χ0n) is 8.04. The van der Waals surface area contributed by atoms with Crippen molar-refractivity contribution in [2.45, 2.75) is 59.8 Å². The molecule has 0 aromatic rings.